The number of hydrogen-bond acceptors (Lipinski definition) is 4. The highest BCUT2D eigenvalue weighted by Crippen LogP contribution is 2.26. The highest BCUT2D eigenvalue weighted by Gasteiger charge is 2.15. The SMILES string of the molecule is C[C@@H](c1cccc(Cl)c1)N(C)c1ccc([N+](=O)[O-])cn1. The molecule has 0 spiro atoms. The highest BCUT2D eigenvalue weighted by molar-refractivity contribution is 6.30. The van der Waals surface area contributed by atoms with Crippen molar-refractivity contribution < 1.29 is 4.92 Å². The van der Waals surface area contributed by atoms with Gasteiger partial charge in [0, 0.05) is 18.1 Å². The van der Waals surface area contributed by atoms with Gasteiger partial charge in [0.25, 0.3) is 5.69 Å². The fourth-order valence-electron chi connectivity index (χ4n) is 1.88. The molecule has 0 saturated heterocycles. The van der Waals surface area contributed by atoms with Crippen molar-refractivity contribution in [3.8, 4) is 0 Å². The van der Waals surface area contributed by atoms with Gasteiger partial charge in [-0.1, -0.05) is 23.7 Å². The van der Waals surface area contributed by atoms with Crippen molar-refractivity contribution in [2.24, 2.45) is 0 Å². The van der Waals surface area contributed by atoms with Gasteiger partial charge in [-0.3, -0.25) is 10.1 Å². The van der Waals surface area contributed by atoms with Crippen LogP contribution in [0.25, 0.3) is 0 Å². The maximum Gasteiger partial charge on any atom is 0.287 e. The molecular weight excluding hydrogens is 278 g/mol. The average molecular weight is 292 g/mol. The molecule has 0 bridgehead atoms. The molecule has 1 heterocycles. The van der Waals surface area contributed by atoms with E-state index in [9.17, 15) is 10.1 Å². The Labute approximate surface area is 122 Å². The number of benzene rings is 1. The summed E-state index contributed by atoms with van der Waals surface area (Å²) in [6.45, 7) is 2.02. The van der Waals surface area contributed by atoms with Crippen LogP contribution in [0.3, 0.4) is 0 Å². The van der Waals surface area contributed by atoms with Crippen LogP contribution in [0.2, 0.25) is 5.02 Å². The fourth-order valence-corrected chi connectivity index (χ4v) is 2.08. The summed E-state index contributed by atoms with van der Waals surface area (Å²) in [5.74, 6) is 0.670. The number of aromatic nitrogens is 1. The third-order valence-electron chi connectivity index (χ3n) is 3.22. The van der Waals surface area contributed by atoms with E-state index in [2.05, 4.69) is 4.98 Å². The van der Waals surface area contributed by atoms with E-state index in [-0.39, 0.29) is 11.7 Å². The van der Waals surface area contributed by atoms with Crippen molar-refractivity contribution in [2.75, 3.05) is 11.9 Å². The van der Waals surface area contributed by atoms with E-state index in [4.69, 9.17) is 11.6 Å². The zero-order valence-electron chi connectivity index (χ0n) is 11.2. The molecule has 20 heavy (non-hydrogen) atoms. The van der Waals surface area contributed by atoms with Gasteiger partial charge >= 0.3 is 0 Å². The smallest absolute Gasteiger partial charge is 0.287 e. The van der Waals surface area contributed by atoms with E-state index in [1.165, 1.54) is 12.3 Å². The maximum atomic E-state index is 10.6. The summed E-state index contributed by atoms with van der Waals surface area (Å²) >= 11 is 5.99. The van der Waals surface area contributed by atoms with Gasteiger partial charge in [0.2, 0.25) is 0 Å². The van der Waals surface area contributed by atoms with Crippen molar-refractivity contribution in [2.45, 2.75) is 13.0 Å². The number of anilines is 1. The quantitative estimate of drug-likeness (QED) is 0.634. The summed E-state index contributed by atoms with van der Waals surface area (Å²) in [4.78, 5) is 16.2. The van der Waals surface area contributed by atoms with Crippen LogP contribution in [0.4, 0.5) is 11.5 Å². The molecule has 0 aliphatic rings. The molecule has 0 unspecified atom stereocenters. The van der Waals surface area contributed by atoms with E-state index >= 15 is 0 Å². The molecule has 5 nitrogen and oxygen atoms in total. The van der Waals surface area contributed by atoms with E-state index in [1.807, 2.05) is 43.1 Å². The van der Waals surface area contributed by atoms with Crippen molar-refractivity contribution in [1.29, 1.82) is 0 Å². The number of hydrogen-bond donors (Lipinski definition) is 0. The van der Waals surface area contributed by atoms with E-state index < -0.39 is 4.92 Å². The molecule has 0 amide bonds. The lowest BCUT2D eigenvalue weighted by Gasteiger charge is -2.26. The Morgan fingerprint density at radius 2 is 2.10 bits per heavy atom. The Morgan fingerprint density at radius 1 is 1.35 bits per heavy atom. The van der Waals surface area contributed by atoms with Gasteiger partial charge < -0.3 is 4.90 Å². The lowest BCUT2D eigenvalue weighted by Crippen LogP contribution is -2.22. The number of nitrogens with zero attached hydrogens (tertiary/aromatic N) is 3. The van der Waals surface area contributed by atoms with E-state index in [0.29, 0.717) is 10.8 Å². The number of rotatable bonds is 4. The number of nitro groups is 1. The first-order valence-electron chi connectivity index (χ1n) is 6.08. The summed E-state index contributed by atoms with van der Waals surface area (Å²) < 4.78 is 0. The number of pyridine rings is 1. The zero-order valence-corrected chi connectivity index (χ0v) is 11.9. The van der Waals surface area contributed by atoms with Crippen LogP contribution in [0.1, 0.15) is 18.5 Å². The zero-order chi connectivity index (χ0) is 14.7. The van der Waals surface area contributed by atoms with Crippen LogP contribution in [0.15, 0.2) is 42.6 Å². The van der Waals surface area contributed by atoms with Crippen LogP contribution in [-0.2, 0) is 0 Å². The van der Waals surface area contributed by atoms with Gasteiger partial charge in [-0.05, 0) is 30.7 Å². The van der Waals surface area contributed by atoms with Crippen molar-refractivity contribution >= 4 is 23.1 Å². The minimum Gasteiger partial charge on any atom is -0.353 e. The van der Waals surface area contributed by atoms with Crippen LogP contribution in [0.5, 0.6) is 0 Å². The number of halogens is 1. The molecular formula is C14H14ClN3O2. The van der Waals surface area contributed by atoms with Crippen LogP contribution < -0.4 is 4.90 Å². The summed E-state index contributed by atoms with van der Waals surface area (Å²) in [5.41, 5.74) is 1.04. The van der Waals surface area contributed by atoms with Crippen molar-refractivity contribution in [1.82, 2.24) is 4.98 Å². The lowest BCUT2D eigenvalue weighted by atomic mass is 10.1. The summed E-state index contributed by atoms with van der Waals surface area (Å²) in [6, 6.07) is 10.7. The Hall–Kier alpha value is -2.14. The van der Waals surface area contributed by atoms with E-state index in [0.717, 1.165) is 5.56 Å². The molecule has 1 aromatic heterocycles. The van der Waals surface area contributed by atoms with Gasteiger partial charge in [0.05, 0.1) is 11.0 Å². The Morgan fingerprint density at radius 3 is 2.65 bits per heavy atom. The molecule has 2 aromatic rings. The summed E-state index contributed by atoms with van der Waals surface area (Å²) in [7, 11) is 1.89. The van der Waals surface area contributed by atoms with Gasteiger partial charge in [-0.2, -0.15) is 0 Å². The Balaban J connectivity index is 2.22. The molecule has 0 aliphatic heterocycles. The Bertz CT molecular complexity index is 616. The van der Waals surface area contributed by atoms with Gasteiger partial charge in [0.15, 0.2) is 0 Å². The molecule has 1 aromatic carbocycles. The molecule has 6 heteroatoms. The minimum atomic E-state index is -0.461. The topological polar surface area (TPSA) is 59.3 Å². The maximum absolute atomic E-state index is 10.6. The van der Waals surface area contributed by atoms with Gasteiger partial charge in [0.1, 0.15) is 12.0 Å². The van der Waals surface area contributed by atoms with Gasteiger partial charge in [-0.25, -0.2) is 4.98 Å². The summed E-state index contributed by atoms with van der Waals surface area (Å²) in [5, 5.41) is 11.3. The first-order chi connectivity index (χ1) is 9.49. The van der Waals surface area contributed by atoms with Crippen molar-refractivity contribution in [3.63, 3.8) is 0 Å². The molecule has 0 N–H and O–H groups in total. The highest BCUT2D eigenvalue weighted by atomic mass is 35.5. The minimum absolute atomic E-state index is 0.0161. The third kappa shape index (κ3) is 3.05. The second-order valence-electron chi connectivity index (χ2n) is 4.47. The molecule has 0 aliphatic carbocycles. The molecule has 0 saturated carbocycles. The largest absolute Gasteiger partial charge is 0.353 e. The molecule has 104 valence electrons. The first kappa shape index (κ1) is 14.3. The fraction of sp³-hybridized carbons (Fsp3) is 0.214. The molecule has 1 atom stereocenters. The van der Waals surface area contributed by atoms with Gasteiger partial charge in [-0.15, -0.1) is 0 Å². The van der Waals surface area contributed by atoms with Crippen molar-refractivity contribution in [3.05, 3.63) is 63.3 Å². The summed E-state index contributed by atoms with van der Waals surface area (Å²) in [6.07, 6.45) is 1.26. The average Bonchev–Trinajstić information content (AvgIpc) is 2.46. The standard InChI is InChI=1S/C14H14ClN3O2/c1-10(11-4-3-5-12(15)8-11)17(2)14-7-6-13(9-16-14)18(19)20/h3-10H,1-2H3/t10-/m0/s1. The van der Waals surface area contributed by atoms with E-state index in [1.54, 1.807) is 6.07 Å². The van der Waals surface area contributed by atoms with Crippen LogP contribution >= 0.6 is 11.6 Å². The second-order valence-corrected chi connectivity index (χ2v) is 4.91. The predicted molar refractivity (Wildman–Crippen MR) is 79.2 cm³/mol. The monoisotopic (exact) mass is 291 g/mol. The second kappa shape index (κ2) is 5.88. The molecule has 2 rings (SSSR count). The Kier molecular flexibility index (Phi) is 4.20. The third-order valence-corrected chi connectivity index (χ3v) is 3.45. The first-order valence-corrected chi connectivity index (χ1v) is 6.45. The molecule has 0 radical (unpaired) electrons. The molecule has 0 fully saturated rings. The normalized spacial score (nSPS) is 11.9. The van der Waals surface area contributed by atoms with Crippen LogP contribution in [-0.4, -0.2) is 17.0 Å². The lowest BCUT2D eigenvalue weighted by molar-refractivity contribution is -0.385. The van der Waals surface area contributed by atoms with Crippen LogP contribution in [0, 0.1) is 10.1 Å². The predicted octanol–water partition coefficient (Wildman–Crippen LogP) is 3.84.